The van der Waals surface area contributed by atoms with Crippen LogP contribution in [0, 0.1) is 10.1 Å². The van der Waals surface area contributed by atoms with Crippen LogP contribution in [0.5, 0.6) is 0 Å². The minimum atomic E-state index is -0.413. The highest BCUT2D eigenvalue weighted by Crippen LogP contribution is 2.45. The summed E-state index contributed by atoms with van der Waals surface area (Å²) in [6.45, 7) is 2.67. The molecule has 1 aliphatic heterocycles. The third-order valence-electron chi connectivity index (χ3n) is 3.51. The molecule has 1 N–H and O–H groups in total. The van der Waals surface area contributed by atoms with Crippen LogP contribution in [0.2, 0.25) is 0 Å². The van der Waals surface area contributed by atoms with E-state index in [1.54, 1.807) is 6.07 Å². The van der Waals surface area contributed by atoms with Crippen molar-refractivity contribution in [3.8, 4) is 0 Å². The minimum Gasteiger partial charge on any atom is -0.258 e. The fraction of sp³-hybridized carbons (Fsp3) is 0.143. The topological polar surface area (TPSA) is 64.4 Å². The lowest BCUT2D eigenvalue weighted by Crippen LogP contribution is -2.41. The van der Waals surface area contributed by atoms with Crippen LogP contribution in [0.15, 0.2) is 48.5 Å². The fourth-order valence-electron chi connectivity index (χ4n) is 2.49. The van der Waals surface area contributed by atoms with E-state index in [0.717, 1.165) is 11.4 Å². The summed E-state index contributed by atoms with van der Waals surface area (Å²) >= 11 is 0. The van der Waals surface area contributed by atoms with Gasteiger partial charge in [0.05, 0.1) is 4.92 Å². The van der Waals surface area contributed by atoms with E-state index < -0.39 is 4.92 Å². The Labute approximate surface area is 115 Å². The maximum atomic E-state index is 10.8. The number of benzene rings is 2. The quantitative estimate of drug-likeness (QED) is 0.527. The Morgan fingerprint density at radius 3 is 2.65 bits per heavy atom. The van der Waals surface area contributed by atoms with E-state index in [4.69, 9.17) is 4.94 Å². The highest BCUT2D eigenvalue weighted by Gasteiger charge is 2.43. The smallest absolute Gasteiger partial charge is 0.258 e. The van der Waals surface area contributed by atoms with Gasteiger partial charge in [-0.2, -0.15) is 0 Å². The first-order valence-corrected chi connectivity index (χ1v) is 6.34. The van der Waals surface area contributed by atoms with Crippen molar-refractivity contribution >= 4 is 22.7 Å². The summed E-state index contributed by atoms with van der Waals surface area (Å²) in [5, 5.41) is 10.8. The zero-order chi connectivity index (χ0) is 14.2. The second-order valence-corrected chi connectivity index (χ2v) is 4.54. The molecule has 0 bridgehead atoms. The number of anilines is 1. The minimum absolute atomic E-state index is 0.0454. The van der Waals surface area contributed by atoms with Crippen LogP contribution in [-0.2, 0) is 4.94 Å². The fourth-order valence-corrected chi connectivity index (χ4v) is 2.49. The molecule has 6 nitrogen and oxygen atoms in total. The number of nitro benzene ring substituents is 1. The Morgan fingerprint density at radius 1 is 1.25 bits per heavy atom. The van der Waals surface area contributed by atoms with Gasteiger partial charge in [0.2, 0.25) is 0 Å². The van der Waals surface area contributed by atoms with E-state index in [1.165, 1.54) is 12.1 Å². The van der Waals surface area contributed by atoms with E-state index in [9.17, 15) is 10.1 Å². The first-order chi connectivity index (χ1) is 9.67. The maximum absolute atomic E-state index is 10.8. The third kappa shape index (κ3) is 1.74. The third-order valence-corrected chi connectivity index (χ3v) is 3.51. The molecule has 0 saturated heterocycles. The number of non-ortho nitro benzene ring substituents is 1. The second-order valence-electron chi connectivity index (χ2n) is 4.54. The number of nitro groups is 1. The molecular formula is C14H14N3O3+. The normalized spacial score (nSPS) is 20.2. The molecule has 0 amide bonds. The molecule has 0 aliphatic carbocycles. The molecule has 0 spiro atoms. The zero-order valence-electron chi connectivity index (χ0n) is 10.9. The van der Waals surface area contributed by atoms with E-state index in [0.29, 0.717) is 12.2 Å². The lowest BCUT2D eigenvalue weighted by Gasteiger charge is -2.26. The number of hydrogen-bond donors (Lipinski definition) is 1. The van der Waals surface area contributed by atoms with Crippen LogP contribution in [0.25, 0.3) is 0 Å². The van der Waals surface area contributed by atoms with Crippen LogP contribution in [0.4, 0.5) is 22.7 Å². The second kappa shape index (κ2) is 4.59. The molecule has 1 heterocycles. The van der Waals surface area contributed by atoms with Crippen molar-refractivity contribution in [2.45, 2.75) is 6.92 Å². The van der Waals surface area contributed by atoms with Crippen LogP contribution in [0.3, 0.4) is 0 Å². The van der Waals surface area contributed by atoms with Crippen molar-refractivity contribution in [2.24, 2.45) is 0 Å². The van der Waals surface area contributed by atoms with Gasteiger partial charge in [0, 0.05) is 30.3 Å². The van der Waals surface area contributed by atoms with Gasteiger partial charge in [-0.15, -0.1) is 0 Å². The average molecular weight is 272 g/mol. The summed E-state index contributed by atoms with van der Waals surface area (Å²) in [5.74, 6) is 0. The van der Waals surface area contributed by atoms with E-state index >= 15 is 0 Å². The maximum Gasteiger partial charge on any atom is 0.272 e. The first-order valence-electron chi connectivity index (χ1n) is 6.34. The van der Waals surface area contributed by atoms with Crippen LogP contribution >= 0.6 is 0 Å². The molecular weight excluding hydrogens is 258 g/mol. The molecule has 6 heteroatoms. The van der Waals surface area contributed by atoms with Crippen LogP contribution in [-0.4, -0.2) is 11.5 Å². The van der Waals surface area contributed by atoms with Crippen LogP contribution in [0.1, 0.15) is 6.92 Å². The number of para-hydroxylation sites is 1. The van der Waals surface area contributed by atoms with E-state index in [-0.39, 0.29) is 10.3 Å². The van der Waals surface area contributed by atoms with Gasteiger partial charge in [0.15, 0.2) is 11.4 Å². The molecule has 3 rings (SSSR count). The molecule has 0 fully saturated rings. The van der Waals surface area contributed by atoms with Crippen molar-refractivity contribution < 1.29 is 9.86 Å². The first kappa shape index (κ1) is 12.6. The molecule has 20 heavy (non-hydrogen) atoms. The number of quaternary nitrogens is 1. The van der Waals surface area contributed by atoms with Crippen molar-refractivity contribution in [3.63, 3.8) is 0 Å². The van der Waals surface area contributed by atoms with Gasteiger partial charge in [0.1, 0.15) is 12.2 Å². The number of nitrogens with zero attached hydrogens (tertiary/aromatic N) is 2. The lowest BCUT2D eigenvalue weighted by molar-refractivity contribution is -0.384. The molecule has 2 aromatic rings. The molecule has 2 aromatic carbocycles. The Balaban J connectivity index is 2.13. The van der Waals surface area contributed by atoms with Crippen molar-refractivity contribution in [2.75, 3.05) is 12.0 Å². The predicted octanol–water partition coefficient (Wildman–Crippen LogP) is 3.53. The predicted molar refractivity (Wildman–Crippen MR) is 76.2 cm³/mol. The Morgan fingerprint density at radius 2 is 2.00 bits per heavy atom. The molecule has 0 saturated carbocycles. The number of hydroxylamine groups is 1. The Bertz CT molecular complexity index is 660. The number of rotatable bonds is 3. The highest BCUT2D eigenvalue weighted by atomic mass is 16.9. The van der Waals surface area contributed by atoms with Crippen molar-refractivity contribution in [3.05, 3.63) is 58.6 Å². The van der Waals surface area contributed by atoms with Crippen molar-refractivity contribution in [1.82, 2.24) is 4.65 Å². The molecule has 1 unspecified atom stereocenters. The lowest BCUT2D eigenvalue weighted by atomic mass is 10.2. The Kier molecular flexibility index (Phi) is 2.89. The van der Waals surface area contributed by atoms with Crippen molar-refractivity contribution in [1.29, 1.82) is 0 Å². The van der Waals surface area contributed by atoms with Gasteiger partial charge in [-0.25, -0.2) is 5.48 Å². The number of nitrogens with one attached hydrogen (secondary N) is 1. The van der Waals surface area contributed by atoms with Gasteiger partial charge < -0.3 is 0 Å². The van der Waals surface area contributed by atoms with Gasteiger partial charge in [-0.1, -0.05) is 27.8 Å². The SMILES string of the molecule is CC[N+]1(c2ccccc2)ONc2cc([N+](=O)[O-])ccc21. The molecule has 102 valence electrons. The van der Waals surface area contributed by atoms with E-state index in [2.05, 4.69) is 5.48 Å². The largest absolute Gasteiger partial charge is 0.272 e. The summed E-state index contributed by atoms with van der Waals surface area (Å²) in [5.41, 5.74) is 5.31. The Hall–Kier alpha value is -2.44. The van der Waals surface area contributed by atoms with Gasteiger partial charge in [-0.05, 0) is 6.92 Å². The monoisotopic (exact) mass is 272 g/mol. The van der Waals surface area contributed by atoms with Gasteiger partial charge in [0.25, 0.3) is 5.69 Å². The molecule has 0 radical (unpaired) electrons. The molecule has 1 aliphatic rings. The summed E-state index contributed by atoms with van der Waals surface area (Å²) in [6, 6.07) is 14.5. The number of fused-ring (bicyclic) bond motifs is 1. The summed E-state index contributed by atoms with van der Waals surface area (Å²) in [4.78, 5) is 16.2. The summed E-state index contributed by atoms with van der Waals surface area (Å²) in [7, 11) is 0. The van der Waals surface area contributed by atoms with Gasteiger partial charge >= 0.3 is 0 Å². The average Bonchev–Trinajstić information content (AvgIpc) is 2.87. The van der Waals surface area contributed by atoms with Crippen LogP contribution < -0.4 is 10.1 Å². The zero-order valence-corrected chi connectivity index (χ0v) is 10.9. The molecule has 0 aromatic heterocycles. The molecule has 1 atom stereocenters. The number of hydrogen-bond acceptors (Lipinski definition) is 4. The summed E-state index contributed by atoms with van der Waals surface area (Å²) in [6.07, 6.45) is 0. The standard InChI is InChI=1S/C14H14N3O3/c1-2-17(12-6-4-3-5-7-12)14-9-8-11(16(18)19)10-13(14)15-20-17/h3-10,15H,2H2,1H3/q+1. The van der Waals surface area contributed by atoms with Gasteiger partial charge in [-0.3, -0.25) is 10.1 Å². The van der Waals surface area contributed by atoms with E-state index in [1.807, 2.05) is 37.3 Å². The summed E-state index contributed by atoms with van der Waals surface area (Å²) < 4.78 is 0.175. The highest BCUT2D eigenvalue weighted by molar-refractivity contribution is 5.76.